The Balaban J connectivity index is 2.80. The molecule has 118 valence electrons. The van der Waals surface area contributed by atoms with Crippen molar-refractivity contribution in [3.05, 3.63) is 29.8 Å². The van der Waals surface area contributed by atoms with Gasteiger partial charge >= 0.3 is 23.9 Å². The SMILES string of the molecule is O=C(O)CC(O)(CC(=O)OC(=O)c1ccccc1O)C(=O)O. The van der Waals surface area contributed by atoms with Gasteiger partial charge in [0.1, 0.15) is 11.3 Å². The molecular formula is C13H12O9. The number of ether oxygens (including phenoxy) is 1. The van der Waals surface area contributed by atoms with Crippen LogP contribution in [0.25, 0.3) is 0 Å². The number of benzene rings is 1. The van der Waals surface area contributed by atoms with Crippen LogP contribution in [0.4, 0.5) is 0 Å². The van der Waals surface area contributed by atoms with E-state index in [0.29, 0.717) is 0 Å². The maximum Gasteiger partial charge on any atom is 0.349 e. The van der Waals surface area contributed by atoms with Crippen LogP contribution in [0.5, 0.6) is 5.75 Å². The summed E-state index contributed by atoms with van der Waals surface area (Å²) in [6.45, 7) is 0. The number of carboxylic acids is 2. The maximum absolute atomic E-state index is 11.6. The van der Waals surface area contributed by atoms with Gasteiger partial charge in [-0.15, -0.1) is 0 Å². The lowest BCUT2D eigenvalue weighted by Crippen LogP contribution is -2.43. The van der Waals surface area contributed by atoms with Crippen molar-refractivity contribution < 1.29 is 44.3 Å². The molecule has 0 aromatic heterocycles. The highest BCUT2D eigenvalue weighted by Crippen LogP contribution is 2.20. The Kier molecular flexibility index (Phi) is 5.19. The first-order chi connectivity index (χ1) is 10.2. The van der Waals surface area contributed by atoms with Crippen LogP contribution in [0.15, 0.2) is 24.3 Å². The summed E-state index contributed by atoms with van der Waals surface area (Å²) in [5.41, 5.74) is -3.24. The number of carbonyl (C=O) groups is 4. The predicted octanol–water partition coefficient (Wildman–Crippen LogP) is -0.244. The number of hydrogen-bond donors (Lipinski definition) is 4. The van der Waals surface area contributed by atoms with E-state index in [2.05, 4.69) is 4.74 Å². The molecule has 9 nitrogen and oxygen atoms in total. The lowest BCUT2D eigenvalue weighted by molar-refractivity contribution is -0.170. The van der Waals surface area contributed by atoms with Gasteiger partial charge in [-0.25, -0.2) is 9.59 Å². The van der Waals surface area contributed by atoms with Crippen LogP contribution in [-0.2, 0) is 19.1 Å². The largest absolute Gasteiger partial charge is 0.507 e. The monoisotopic (exact) mass is 312 g/mol. The second kappa shape index (κ2) is 6.68. The maximum atomic E-state index is 11.6. The molecule has 0 spiro atoms. The topological polar surface area (TPSA) is 158 Å². The van der Waals surface area contributed by atoms with Gasteiger partial charge in [-0.3, -0.25) is 9.59 Å². The number of aliphatic hydroxyl groups is 1. The lowest BCUT2D eigenvalue weighted by atomic mass is 9.96. The van der Waals surface area contributed by atoms with Gasteiger partial charge in [0.2, 0.25) is 0 Å². The number of carbonyl (C=O) groups excluding carboxylic acids is 2. The molecule has 0 aliphatic heterocycles. The number of aromatic hydroxyl groups is 1. The van der Waals surface area contributed by atoms with E-state index in [1.165, 1.54) is 18.2 Å². The molecule has 0 saturated heterocycles. The van der Waals surface area contributed by atoms with Crippen LogP contribution in [0.2, 0.25) is 0 Å². The van der Waals surface area contributed by atoms with Crippen molar-refractivity contribution in [3.63, 3.8) is 0 Å². The fourth-order valence-corrected chi connectivity index (χ4v) is 1.54. The second-order valence-corrected chi connectivity index (χ2v) is 4.36. The third-order valence-electron chi connectivity index (χ3n) is 2.61. The summed E-state index contributed by atoms with van der Waals surface area (Å²) in [6.07, 6.45) is -2.49. The minimum Gasteiger partial charge on any atom is -0.507 e. The van der Waals surface area contributed by atoms with E-state index < -0.39 is 48.1 Å². The number of carboxylic acid groups (broad SMARTS) is 2. The van der Waals surface area contributed by atoms with E-state index in [-0.39, 0.29) is 5.56 Å². The van der Waals surface area contributed by atoms with E-state index in [0.717, 1.165) is 6.07 Å². The zero-order chi connectivity index (χ0) is 16.9. The molecule has 0 radical (unpaired) electrons. The molecule has 1 aromatic carbocycles. The van der Waals surface area contributed by atoms with E-state index in [1.54, 1.807) is 0 Å². The summed E-state index contributed by atoms with van der Waals surface area (Å²) in [5, 5.41) is 36.3. The number of esters is 2. The van der Waals surface area contributed by atoms with Crippen molar-refractivity contribution in [3.8, 4) is 5.75 Å². The third-order valence-corrected chi connectivity index (χ3v) is 2.61. The van der Waals surface area contributed by atoms with Crippen molar-refractivity contribution in [2.45, 2.75) is 18.4 Å². The van der Waals surface area contributed by atoms with Crippen LogP contribution in [0.1, 0.15) is 23.2 Å². The lowest BCUT2D eigenvalue weighted by Gasteiger charge is -2.19. The first-order valence-corrected chi connectivity index (χ1v) is 5.86. The number of phenols is 1. The molecule has 9 heteroatoms. The van der Waals surface area contributed by atoms with Crippen LogP contribution in [0, 0.1) is 0 Å². The zero-order valence-electron chi connectivity index (χ0n) is 11.1. The Morgan fingerprint density at radius 3 is 2.14 bits per heavy atom. The predicted molar refractivity (Wildman–Crippen MR) is 68.0 cm³/mol. The average Bonchev–Trinajstić information content (AvgIpc) is 2.37. The standard InChI is InChI=1S/C13H12O9/c14-8-4-2-1-3-7(8)11(18)22-10(17)6-13(21,12(19)20)5-9(15)16/h1-4,14,21H,5-6H2,(H,15,16)(H,19,20). The van der Waals surface area contributed by atoms with Crippen molar-refractivity contribution in [2.75, 3.05) is 0 Å². The summed E-state index contributed by atoms with van der Waals surface area (Å²) in [7, 11) is 0. The van der Waals surface area contributed by atoms with Crippen molar-refractivity contribution in [1.29, 1.82) is 0 Å². The molecule has 1 rings (SSSR count). The highest BCUT2D eigenvalue weighted by atomic mass is 16.6. The van der Waals surface area contributed by atoms with E-state index in [1.807, 2.05) is 0 Å². The van der Waals surface area contributed by atoms with Gasteiger partial charge in [0.25, 0.3) is 0 Å². The molecule has 1 atom stereocenters. The fourth-order valence-electron chi connectivity index (χ4n) is 1.54. The molecule has 1 aromatic rings. The summed E-state index contributed by atoms with van der Waals surface area (Å²) in [5.74, 6) is -6.75. The Morgan fingerprint density at radius 2 is 1.64 bits per heavy atom. The molecule has 0 amide bonds. The molecule has 0 fully saturated rings. The molecule has 1 unspecified atom stereocenters. The summed E-state index contributed by atoms with van der Waals surface area (Å²) < 4.78 is 4.29. The van der Waals surface area contributed by atoms with Gasteiger partial charge in [0.15, 0.2) is 5.60 Å². The second-order valence-electron chi connectivity index (χ2n) is 4.36. The summed E-state index contributed by atoms with van der Waals surface area (Å²) >= 11 is 0. The highest BCUT2D eigenvalue weighted by molar-refractivity contribution is 6.00. The number of aliphatic carboxylic acids is 2. The Morgan fingerprint density at radius 1 is 1.05 bits per heavy atom. The highest BCUT2D eigenvalue weighted by Gasteiger charge is 2.42. The molecule has 22 heavy (non-hydrogen) atoms. The Bertz CT molecular complexity index is 622. The smallest absolute Gasteiger partial charge is 0.349 e. The summed E-state index contributed by atoms with van der Waals surface area (Å²) in [6, 6.07) is 5.13. The molecule has 0 heterocycles. The van der Waals surface area contributed by atoms with Crippen molar-refractivity contribution in [1.82, 2.24) is 0 Å². The molecular weight excluding hydrogens is 300 g/mol. The third kappa shape index (κ3) is 4.28. The van der Waals surface area contributed by atoms with Crippen molar-refractivity contribution >= 4 is 23.9 Å². The molecule has 0 saturated carbocycles. The first-order valence-electron chi connectivity index (χ1n) is 5.86. The van der Waals surface area contributed by atoms with Crippen molar-refractivity contribution in [2.24, 2.45) is 0 Å². The minimum atomic E-state index is -2.90. The van der Waals surface area contributed by atoms with Crippen LogP contribution < -0.4 is 0 Å². The van der Waals surface area contributed by atoms with E-state index in [4.69, 9.17) is 10.2 Å². The normalized spacial score (nSPS) is 13.0. The number of para-hydroxylation sites is 1. The zero-order valence-corrected chi connectivity index (χ0v) is 11.1. The van der Waals surface area contributed by atoms with Gasteiger partial charge in [-0.1, -0.05) is 12.1 Å². The Labute approximate surface area is 123 Å². The van der Waals surface area contributed by atoms with E-state index >= 15 is 0 Å². The molecule has 0 aliphatic carbocycles. The van der Waals surface area contributed by atoms with Crippen LogP contribution >= 0.6 is 0 Å². The summed E-state index contributed by atoms with van der Waals surface area (Å²) in [4.78, 5) is 44.5. The first kappa shape index (κ1) is 17.1. The fraction of sp³-hybridized carbons (Fsp3) is 0.231. The number of phenolic OH excluding ortho intramolecular Hbond substituents is 1. The van der Waals surface area contributed by atoms with Crippen LogP contribution in [-0.4, -0.2) is 49.9 Å². The van der Waals surface area contributed by atoms with E-state index in [9.17, 15) is 29.4 Å². The Hall–Kier alpha value is -2.94. The molecule has 0 bridgehead atoms. The van der Waals surface area contributed by atoms with Crippen LogP contribution in [0.3, 0.4) is 0 Å². The molecule has 4 N–H and O–H groups in total. The van der Waals surface area contributed by atoms with Gasteiger partial charge < -0.3 is 25.2 Å². The molecule has 0 aliphatic rings. The number of rotatable bonds is 6. The minimum absolute atomic E-state index is 0.340. The van der Waals surface area contributed by atoms with Gasteiger partial charge in [0, 0.05) is 0 Å². The quantitative estimate of drug-likeness (QED) is 0.410. The van der Waals surface area contributed by atoms with Gasteiger partial charge in [-0.2, -0.15) is 0 Å². The number of hydrogen-bond acceptors (Lipinski definition) is 7. The average molecular weight is 312 g/mol. The van der Waals surface area contributed by atoms with Gasteiger partial charge in [0.05, 0.1) is 12.8 Å². The van der Waals surface area contributed by atoms with Gasteiger partial charge in [-0.05, 0) is 12.1 Å².